The van der Waals surface area contributed by atoms with Gasteiger partial charge in [-0.05, 0) is 92.4 Å². The smallest absolute Gasteiger partial charge is 0.270 e. The van der Waals surface area contributed by atoms with Crippen molar-refractivity contribution in [3.05, 3.63) is 162 Å². The lowest BCUT2D eigenvalue weighted by atomic mass is 10.1. The number of amides is 2. The van der Waals surface area contributed by atoms with Gasteiger partial charge in [0.25, 0.3) is 43.2 Å². The molecule has 4 aromatic heterocycles. The van der Waals surface area contributed by atoms with Crippen LogP contribution in [-0.4, -0.2) is 103 Å². The Morgan fingerprint density at radius 3 is 1.46 bits per heavy atom. The number of hydrogen-bond acceptors (Lipinski definition) is 16. The molecule has 0 spiro atoms. The van der Waals surface area contributed by atoms with Crippen LogP contribution in [0, 0.1) is 20.2 Å². The summed E-state index contributed by atoms with van der Waals surface area (Å²) in [5, 5.41) is 44.0. The normalized spacial score (nSPS) is 15.2. The molecule has 0 bridgehead atoms. The van der Waals surface area contributed by atoms with E-state index in [1.165, 1.54) is 57.1 Å². The molecule has 6 heterocycles. The summed E-state index contributed by atoms with van der Waals surface area (Å²) in [6, 6.07) is 32.7. The fourth-order valence-electron chi connectivity index (χ4n) is 8.44. The Morgan fingerprint density at radius 1 is 0.556 bits per heavy atom. The summed E-state index contributed by atoms with van der Waals surface area (Å²) >= 11 is 2.22. The van der Waals surface area contributed by atoms with E-state index in [0.29, 0.717) is 61.6 Å². The van der Waals surface area contributed by atoms with Crippen LogP contribution in [0.3, 0.4) is 0 Å². The number of carbonyl (C=O) groups excluding carboxylic acids is 2. The van der Waals surface area contributed by atoms with Gasteiger partial charge in [-0.25, -0.2) is 26.2 Å². The van der Waals surface area contributed by atoms with E-state index in [1.807, 2.05) is 57.9 Å². The van der Waals surface area contributed by atoms with Crippen molar-refractivity contribution in [3.8, 4) is 0 Å². The van der Waals surface area contributed by atoms with Gasteiger partial charge >= 0.3 is 0 Å². The number of sulfonamides is 2. The Hall–Kier alpha value is -7.36. The molecule has 2 aliphatic rings. The molecule has 0 atom stereocenters. The third-order valence-corrected chi connectivity index (χ3v) is 19.2. The van der Waals surface area contributed by atoms with Crippen molar-refractivity contribution >= 4 is 88.0 Å². The molecule has 8 aromatic rings. The van der Waals surface area contributed by atoms with Gasteiger partial charge in [0.2, 0.25) is 0 Å². The Morgan fingerprint density at radius 2 is 1.00 bits per heavy atom. The molecule has 2 fully saturated rings. The molecule has 0 unspecified atom stereocenters. The highest BCUT2D eigenvalue weighted by atomic mass is 32.3. The maximum atomic E-state index is 13.2. The van der Waals surface area contributed by atoms with Crippen LogP contribution >= 0.6 is 22.7 Å². The SMILES string of the molecule is O=C(NCc1ccc(S(=O)(=O)N2CCC(n3nnc4ccccc43)CC2)s1)c1ccc([N+](=O)[O-])cc1.O=C(NCc1ccc(S(=O)(=O)N2CCC(n3nnc4ccccc43)CC2)s1)c1cccc([N+](=O)[O-])c1. The highest BCUT2D eigenvalue weighted by Crippen LogP contribution is 2.33. The van der Waals surface area contributed by atoms with Gasteiger partial charge in [0, 0.05) is 71.3 Å². The zero-order valence-corrected chi connectivity index (χ0v) is 41.2. The molecule has 22 nitrogen and oxygen atoms in total. The lowest BCUT2D eigenvalue weighted by Crippen LogP contribution is -2.38. The first-order valence-corrected chi connectivity index (χ1v) is 27.0. The van der Waals surface area contributed by atoms with Gasteiger partial charge < -0.3 is 10.6 Å². The standard InChI is InChI=1S/2C23H22N6O5S2/c30-23(16-4-3-5-18(14-16)29(31)32)24-15-19-8-9-22(35-19)36(33,34)27-12-10-17(11-13-27)28-21-7-2-1-6-20(21)25-26-28;30-23(16-5-7-18(8-6-16)29(31)32)24-15-19-9-10-22(35-19)36(33,34)27-13-11-17(12-14-27)28-21-4-2-1-3-20(21)25-26-28/h1-9,14,17H,10-13,15H2,(H,24,30);1-10,17H,11-15H2,(H,24,30). The number of nitro benzene ring substituents is 2. The number of carbonyl (C=O) groups is 2. The molecule has 0 radical (unpaired) electrons. The Kier molecular flexibility index (Phi) is 14.6. The van der Waals surface area contributed by atoms with Crippen LogP contribution in [0.5, 0.6) is 0 Å². The monoisotopic (exact) mass is 1050 g/mol. The van der Waals surface area contributed by atoms with E-state index in [2.05, 4.69) is 31.3 Å². The van der Waals surface area contributed by atoms with Crippen molar-refractivity contribution in [3.63, 3.8) is 0 Å². The zero-order valence-electron chi connectivity index (χ0n) is 38.0. The number of nitro groups is 2. The number of piperidine rings is 2. The number of thiophene rings is 2. The van der Waals surface area contributed by atoms with E-state index in [1.54, 1.807) is 24.3 Å². The van der Waals surface area contributed by atoms with Crippen LogP contribution in [-0.2, 0) is 33.1 Å². The molecular weight excluding hydrogens is 1010 g/mol. The molecule has 0 aliphatic carbocycles. The Balaban J connectivity index is 0.000000178. The van der Waals surface area contributed by atoms with Crippen molar-refractivity contribution in [1.29, 1.82) is 0 Å². The fraction of sp³-hybridized carbons (Fsp3) is 0.261. The molecule has 2 saturated heterocycles. The molecule has 2 N–H and O–H groups in total. The first kappa shape index (κ1) is 49.6. The topological polar surface area (TPSA) is 281 Å². The average Bonchev–Trinajstić information content (AvgIpc) is 4.25. The molecule has 372 valence electrons. The van der Waals surface area contributed by atoms with Gasteiger partial charge in [-0.3, -0.25) is 29.8 Å². The van der Waals surface area contributed by atoms with Gasteiger partial charge in [-0.1, -0.05) is 40.8 Å². The first-order valence-electron chi connectivity index (χ1n) is 22.5. The number of para-hydroxylation sites is 2. The Bertz CT molecular complexity index is 3520. The predicted octanol–water partition coefficient (Wildman–Crippen LogP) is 6.71. The van der Waals surface area contributed by atoms with Gasteiger partial charge in [-0.15, -0.1) is 32.9 Å². The summed E-state index contributed by atoms with van der Waals surface area (Å²) in [6.07, 6.45) is 2.53. The van der Waals surface area contributed by atoms with Crippen molar-refractivity contribution in [2.45, 2.75) is 59.3 Å². The minimum absolute atomic E-state index is 0.0757. The number of benzene rings is 4. The highest BCUT2D eigenvalue weighted by molar-refractivity contribution is 7.91. The van der Waals surface area contributed by atoms with E-state index in [4.69, 9.17) is 0 Å². The minimum atomic E-state index is -3.66. The van der Waals surface area contributed by atoms with E-state index >= 15 is 0 Å². The number of fused-ring (bicyclic) bond motifs is 2. The number of nitrogens with zero attached hydrogens (tertiary/aromatic N) is 10. The maximum absolute atomic E-state index is 13.2. The molecule has 2 aliphatic heterocycles. The minimum Gasteiger partial charge on any atom is -0.347 e. The van der Waals surface area contributed by atoms with Crippen molar-refractivity contribution in [2.75, 3.05) is 26.2 Å². The molecule has 26 heteroatoms. The quantitative estimate of drug-likeness (QED) is 0.0846. The van der Waals surface area contributed by atoms with Crippen molar-refractivity contribution in [2.24, 2.45) is 0 Å². The van der Waals surface area contributed by atoms with Gasteiger partial charge in [0.05, 0.1) is 46.1 Å². The second-order valence-electron chi connectivity index (χ2n) is 16.7. The van der Waals surface area contributed by atoms with Crippen LogP contribution in [0.25, 0.3) is 22.1 Å². The average molecular weight is 1050 g/mol. The summed E-state index contributed by atoms with van der Waals surface area (Å²) < 4.78 is 60.0. The van der Waals surface area contributed by atoms with Crippen molar-refractivity contribution < 1.29 is 36.3 Å². The lowest BCUT2D eigenvalue weighted by molar-refractivity contribution is -0.385. The molecule has 72 heavy (non-hydrogen) atoms. The van der Waals surface area contributed by atoms with Gasteiger partial charge in [0.1, 0.15) is 19.5 Å². The van der Waals surface area contributed by atoms with Crippen molar-refractivity contribution in [1.82, 2.24) is 49.2 Å². The summed E-state index contributed by atoms with van der Waals surface area (Å²) in [4.78, 5) is 46.7. The number of aromatic nitrogens is 6. The van der Waals surface area contributed by atoms with Crippen LogP contribution in [0.15, 0.2) is 130 Å². The number of nitrogens with one attached hydrogen (secondary N) is 2. The second kappa shape index (κ2) is 21.2. The zero-order chi connectivity index (χ0) is 50.6. The third kappa shape index (κ3) is 10.8. The third-order valence-electron chi connectivity index (χ3n) is 12.3. The first-order chi connectivity index (χ1) is 34.6. The van der Waals surface area contributed by atoms with Crippen LogP contribution in [0.1, 0.15) is 68.2 Å². The predicted molar refractivity (Wildman–Crippen MR) is 266 cm³/mol. The highest BCUT2D eigenvalue weighted by Gasteiger charge is 2.34. The number of non-ortho nitro benzene ring substituents is 2. The molecular formula is C46H44N12O10S4. The summed E-state index contributed by atoms with van der Waals surface area (Å²) in [5.41, 5.74) is 3.69. The van der Waals surface area contributed by atoms with E-state index in [-0.39, 0.29) is 56.1 Å². The summed E-state index contributed by atoms with van der Waals surface area (Å²) in [5.74, 6) is -0.871. The van der Waals surface area contributed by atoms with Crippen LogP contribution < -0.4 is 10.6 Å². The molecule has 4 aromatic carbocycles. The van der Waals surface area contributed by atoms with Gasteiger partial charge in [0.15, 0.2) is 0 Å². The van der Waals surface area contributed by atoms with E-state index < -0.39 is 41.7 Å². The Labute approximate surface area is 419 Å². The maximum Gasteiger partial charge on any atom is 0.270 e. The summed E-state index contributed by atoms with van der Waals surface area (Å²) in [6.45, 7) is 1.77. The largest absolute Gasteiger partial charge is 0.347 e. The van der Waals surface area contributed by atoms with Crippen LogP contribution in [0.4, 0.5) is 11.4 Å². The van der Waals surface area contributed by atoms with Crippen LogP contribution in [0.2, 0.25) is 0 Å². The fourth-order valence-corrected chi connectivity index (χ4v) is 14.3. The van der Waals surface area contributed by atoms with Gasteiger partial charge in [-0.2, -0.15) is 8.61 Å². The molecule has 0 saturated carbocycles. The number of hydrogen-bond donors (Lipinski definition) is 2. The lowest BCUT2D eigenvalue weighted by Gasteiger charge is -2.30. The summed E-state index contributed by atoms with van der Waals surface area (Å²) in [7, 11) is -7.31. The number of rotatable bonds is 14. The molecule has 2 amide bonds. The second-order valence-corrected chi connectivity index (χ2v) is 23.4. The molecule has 10 rings (SSSR count). The van der Waals surface area contributed by atoms with E-state index in [9.17, 15) is 46.7 Å². The van der Waals surface area contributed by atoms with E-state index in [0.717, 1.165) is 44.7 Å².